The molecule has 5 nitrogen and oxygen atoms in total. The number of aliphatic hydroxyl groups is 3. The summed E-state index contributed by atoms with van der Waals surface area (Å²) in [7, 11) is 0. The van der Waals surface area contributed by atoms with Crippen LogP contribution in [0, 0.1) is 0 Å². The summed E-state index contributed by atoms with van der Waals surface area (Å²) in [5.74, 6) is -0.168. The third kappa shape index (κ3) is 29.9. The normalized spacial score (nSPS) is 14.6. The number of amides is 1. The maximum Gasteiger partial charge on any atom is 0.220 e. The molecule has 0 bridgehead atoms. The molecule has 248 valence electrons. The van der Waals surface area contributed by atoms with E-state index >= 15 is 0 Å². The van der Waals surface area contributed by atoms with Crippen molar-refractivity contribution in [3.05, 3.63) is 60.8 Å². The number of carbonyl (C=O) groups excluding carboxylic acids is 1. The second kappa shape index (κ2) is 33.0. The minimum atomic E-state index is -0.889. The third-order valence-electron chi connectivity index (χ3n) is 7.58. The smallest absolute Gasteiger partial charge is 0.220 e. The zero-order valence-electron chi connectivity index (χ0n) is 27.8. The van der Waals surface area contributed by atoms with Crippen molar-refractivity contribution in [2.75, 3.05) is 6.61 Å². The molecule has 0 radical (unpaired) electrons. The summed E-state index contributed by atoms with van der Waals surface area (Å²) < 4.78 is 0. The monoisotopic (exact) mass is 602 g/mol. The molecule has 0 rings (SSSR count). The van der Waals surface area contributed by atoms with Gasteiger partial charge in [-0.2, -0.15) is 0 Å². The van der Waals surface area contributed by atoms with E-state index in [0.29, 0.717) is 19.3 Å². The number of hydrogen-bond acceptors (Lipinski definition) is 4. The molecule has 1 unspecified atom stereocenters. The Balaban J connectivity index is 3.90. The lowest BCUT2D eigenvalue weighted by Gasteiger charge is -2.19. The number of allylic oxidation sites excluding steroid dienone is 7. The van der Waals surface area contributed by atoms with Crippen LogP contribution in [0.1, 0.15) is 149 Å². The van der Waals surface area contributed by atoms with Crippen molar-refractivity contribution in [2.45, 2.75) is 167 Å². The van der Waals surface area contributed by atoms with Crippen LogP contribution in [-0.2, 0) is 4.79 Å². The quantitative estimate of drug-likeness (QED) is 0.0375. The van der Waals surface area contributed by atoms with Gasteiger partial charge in [-0.1, -0.05) is 152 Å². The Bertz CT molecular complexity index is 755. The molecule has 0 fully saturated rings. The average Bonchev–Trinajstić information content (AvgIpc) is 3.00. The van der Waals surface area contributed by atoms with Crippen LogP contribution >= 0.6 is 0 Å². The lowest BCUT2D eigenvalue weighted by atomic mass is 10.0. The highest BCUT2D eigenvalue weighted by Crippen LogP contribution is 2.12. The fraction of sp³-hybridized carbons (Fsp3) is 0.711. The molecule has 0 saturated carbocycles. The number of rotatable bonds is 30. The lowest BCUT2D eigenvalue weighted by molar-refractivity contribution is -0.122. The molecule has 0 aliphatic carbocycles. The maximum absolute atomic E-state index is 12.3. The Morgan fingerprint density at radius 2 is 1.19 bits per heavy atom. The Morgan fingerprint density at radius 3 is 1.86 bits per heavy atom. The van der Waals surface area contributed by atoms with E-state index in [1.54, 1.807) is 12.2 Å². The summed E-state index contributed by atoms with van der Waals surface area (Å²) in [4.78, 5) is 12.3. The molecule has 0 aromatic heterocycles. The van der Waals surface area contributed by atoms with Gasteiger partial charge >= 0.3 is 0 Å². The minimum Gasteiger partial charge on any atom is -0.394 e. The molecule has 0 aliphatic rings. The van der Waals surface area contributed by atoms with Crippen LogP contribution in [0.5, 0.6) is 0 Å². The average molecular weight is 602 g/mol. The zero-order valence-corrected chi connectivity index (χ0v) is 27.8. The number of hydrogen-bond donors (Lipinski definition) is 4. The van der Waals surface area contributed by atoms with Crippen molar-refractivity contribution < 1.29 is 20.1 Å². The Labute approximate surface area is 265 Å². The summed E-state index contributed by atoms with van der Waals surface area (Å²) in [6, 6.07) is -0.683. The van der Waals surface area contributed by atoms with E-state index in [1.807, 2.05) is 30.4 Å². The fourth-order valence-corrected chi connectivity index (χ4v) is 4.78. The van der Waals surface area contributed by atoms with E-state index in [0.717, 1.165) is 32.1 Å². The van der Waals surface area contributed by atoms with E-state index in [2.05, 4.69) is 37.4 Å². The number of nitrogens with one attached hydrogen (secondary N) is 1. The Hall–Kier alpha value is -1.95. The predicted molar refractivity (Wildman–Crippen MR) is 185 cm³/mol. The van der Waals surface area contributed by atoms with Gasteiger partial charge in [0.2, 0.25) is 5.91 Å². The second-order valence-corrected chi connectivity index (χ2v) is 11.8. The molecule has 0 aliphatic heterocycles. The van der Waals surface area contributed by atoms with E-state index in [4.69, 9.17) is 0 Å². The highest BCUT2D eigenvalue weighted by Gasteiger charge is 2.17. The van der Waals surface area contributed by atoms with Gasteiger partial charge in [0.15, 0.2) is 0 Å². The second-order valence-electron chi connectivity index (χ2n) is 11.8. The highest BCUT2D eigenvalue weighted by molar-refractivity contribution is 5.76. The van der Waals surface area contributed by atoms with Gasteiger partial charge in [0, 0.05) is 6.42 Å². The minimum absolute atomic E-state index is 0.168. The molecule has 4 N–H and O–H groups in total. The van der Waals surface area contributed by atoms with Gasteiger partial charge in [0.1, 0.15) is 0 Å². The van der Waals surface area contributed by atoms with Crippen LogP contribution in [0.15, 0.2) is 60.8 Å². The molecule has 0 spiro atoms. The maximum atomic E-state index is 12.3. The molecule has 0 heterocycles. The summed E-state index contributed by atoms with van der Waals surface area (Å²) in [6.45, 7) is 4.17. The van der Waals surface area contributed by atoms with Crippen LogP contribution in [0.25, 0.3) is 0 Å². The van der Waals surface area contributed by atoms with Gasteiger partial charge in [0.25, 0.3) is 0 Å². The molecular formula is C38H67NO4. The van der Waals surface area contributed by atoms with Gasteiger partial charge in [-0.3, -0.25) is 4.79 Å². The molecule has 0 saturated heterocycles. The summed E-state index contributed by atoms with van der Waals surface area (Å²) >= 11 is 0. The zero-order chi connectivity index (χ0) is 31.6. The van der Waals surface area contributed by atoms with Crippen LogP contribution in [-0.4, -0.2) is 46.1 Å². The molecule has 1 amide bonds. The van der Waals surface area contributed by atoms with Crippen molar-refractivity contribution in [1.82, 2.24) is 5.32 Å². The van der Waals surface area contributed by atoms with Crippen LogP contribution in [0.4, 0.5) is 0 Å². The summed E-state index contributed by atoms with van der Waals surface area (Å²) in [6.07, 6.45) is 41.8. The van der Waals surface area contributed by atoms with E-state index < -0.39 is 18.2 Å². The number of unbranched alkanes of at least 4 members (excludes halogenated alkanes) is 15. The first kappa shape index (κ1) is 41.0. The molecular weight excluding hydrogens is 534 g/mol. The lowest BCUT2D eigenvalue weighted by Crippen LogP contribution is -2.45. The van der Waals surface area contributed by atoms with E-state index in [1.165, 1.54) is 83.5 Å². The van der Waals surface area contributed by atoms with Gasteiger partial charge < -0.3 is 20.6 Å². The van der Waals surface area contributed by atoms with Crippen LogP contribution < -0.4 is 5.32 Å². The topological polar surface area (TPSA) is 89.8 Å². The van der Waals surface area contributed by atoms with Crippen LogP contribution in [0.3, 0.4) is 0 Å². The highest BCUT2D eigenvalue weighted by atomic mass is 16.3. The first-order valence-corrected chi connectivity index (χ1v) is 17.6. The van der Waals surface area contributed by atoms with Crippen LogP contribution in [0.2, 0.25) is 0 Å². The number of aliphatic hydroxyl groups excluding tert-OH is 3. The first-order valence-electron chi connectivity index (χ1n) is 17.6. The predicted octanol–water partition coefficient (Wildman–Crippen LogP) is 9.20. The van der Waals surface area contributed by atoms with Crippen molar-refractivity contribution in [2.24, 2.45) is 0 Å². The molecule has 43 heavy (non-hydrogen) atoms. The summed E-state index contributed by atoms with van der Waals surface area (Å²) in [5.41, 5.74) is 0. The van der Waals surface area contributed by atoms with Crippen molar-refractivity contribution >= 4 is 5.91 Å². The molecule has 5 heteroatoms. The SMILES string of the molecule is CCCCC/C=C\C/C=C\CC(O)/C=C\C=C\CCCC(=O)N[C@@H](CO)[C@H](O)/C=C/CCCCCCCCCCCCC. The Kier molecular flexibility index (Phi) is 31.5. The molecule has 0 aromatic carbocycles. The molecule has 0 aromatic rings. The van der Waals surface area contributed by atoms with Gasteiger partial charge in [0.05, 0.1) is 24.9 Å². The first-order chi connectivity index (χ1) is 21.0. The largest absolute Gasteiger partial charge is 0.394 e. The van der Waals surface area contributed by atoms with Gasteiger partial charge in [-0.05, 0) is 51.4 Å². The Morgan fingerprint density at radius 1 is 0.628 bits per heavy atom. The van der Waals surface area contributed by atoms with Crippen molar-refractivity contribution in [3.63, 3.8) is 0 Å². The standard InChI is InChI=1S/C38H67NO4/c1-3-5-7-9-11-13-14-15-16-18-20-24-28-32-37(42)36(34-40)39-38(43)33-29-25-21-23-27-31-35(41)30-26-22-19-17-12-10-8-6-4-2/h12,17,21-23,26-28,31-32,35-37,40-42H,3-11,13-16,18-20,24-25,29-30,33-34H2,1-2H3,(H,39,43)/b17-12-,23-21+,26-22-,31-27-,32-28+/t35?,36-,37+/m0/s1. The number of carbonyl (C=O) groups is 1. The fourth-order valence-electron chi connectivity index (χ4n) is 4.78. The summed E-state index contributed by atoms with van der Waals surface area (Å²) in [5, 5.41) is 32.8. The van der Waals surface area contributed by atoms with Gasteiger partial charge in [-0.25, -0.2) is 0 Å². The third-order valence-corrected chi connectivity index (χ3v) is 7.58. The van der Waals surface area contributed by atoms with Crippen molar-refractivity contribution in [1.29, 1.82) is 0 Å². The van der Waals surface area contributed by atoms with Gasteiger partial charge in [-0.15, -0.1) is 0 Å². The van der Waals surface area contributed by atoms with E-state index in [9.17, 15) is 20.1 Å². The molecule has 3 atom stereocenters. The van der Waals surface area contributed by atoms with Crippen molar-refractivity contribution in [3.8, 4) is 0 Å². The van der Waals surface area contributed by atoms with E-state index in [-0.39, 0.29) is 12.5 Å².